The Labute approximate surface area is 454 Å². The van der Waals surface area contributed by atoms with E-state index in [0.717, 1.165) is 41.8 Å². The number of carboxylic acid groups (broad SMARTS) is 1. The summed E-state index contributed by atoms with van der Waals surface area (Å²) in [7, 11) is 3.71. The van der Waals surface area contributed by atoms with Gasteiger partial charge in [0.15, 0.2) is 0 Å². The first kappa shape index (κ1) is 65.6. The molecule has 5 heterocycles. The van der Waals surface area contributed by atoms with Crippen molar-refractivity contribution in [1.29, 1.82) is 0 Å². The number of likely N-dealkylation sites (N-methyl/N-ethyl adjacent to an activating group) is 2. The Hall–Kier alpha value is -5.38. The zero-order valence-electron chi connectivity index (χ0n) is 42.0. The Morgan fingerprint density at radius 3 is 1.86 bits per heavy atom. The van der Waals surface area contributed by atoms with Gasteiger partial charge in [-0.3, -0.25) is 34.8 Å². The van der Waals surface area contributed by atoms with E-state index in [1.165, 1.54) is 18.9 Å². The number of pyridine rings is 4. The second-order valence-electron chi connectivity index (χ2n) is 17.3. The number of hydrogen-bond donors (Lipinski definition) is 4. The molecule has 0 radical (unpaired) electrons. The highest BCUT2D eigenvalue weighted by Gasteiger charge is 2.26. The van der Waals surface area contributed by atoms with Crippen molar-refractivity contribution in [3.05, 3.63) is 161 Å². The van der Waals surface area contributed by atoms with Gasteiger partial charge in [0.25, 0.3) is 0 Å². The highest BCUT2D eigenvalue weighted by atomic mass is 35.5. The number of nitrogens with zero attached hydrogens (tertiary/aromatic N) is 5. The van der Waals surface area contributed by atoms with Crippen molar-refractivity contribution in [2.45, 2.75) is 83.5 Å². The van der Waals surface area contributed by atoms with Crippen molar-refractivity contribution >= 4 is 86.7 Å². The topological polar surface area (TPSA) is 198 Å². The molecule has 2 aromatic carbocycles. The Bertz CT molecular complexity index is 2470. The number of aromatic nitrogens is 4. The molecule has 1 amide bonds. The van der Waals surface area contributed by atoms with Gasteiger partial charge < -0.3 is 29.7 Å². The maximum Gasteiger partial charge on any atom is 0.412 e. The molecule has 4 N–H and O–H groups in total. The summed E-state index contributed by atoms with van der Waals surface area (Å²) < 4.78 is 29.5. The first-order valence-corrected chi connectivity index (χ1v) is 23.4. The molecule has 15 nitrogen and oxygen atoms in total. The van der Waals surface area contributed by atoms with Gasteiger partial charge in [0.1, 0.15) is 23.8 Å². The summed E-state index contributed by atoms with van der Waals surface area (Å²) in [5, 5.41) is 25.8. The van der Waals surface area contributed by atoms with Crippen LogP contribution in [0.4, 0.5) is 15.0 Å². The summed E-state index contributed by atoms with van der Waals surface area (Å²) in [5.41, 5.74) is 2.56. The molecule has 1 saturated heterocycles. The molecule has 0 bridgehead atoms. The van der Waals surface area contributed by atoms with Crippen LogP contribution in [0.5, 0.6) is 0 Å². The van der Waals surface area contributed by atoms with Gasteiger partial charge in [-0.25, -0.2) is 14.2 Å². The van der Waals surface area contributed by atoms with E-state index in [4.69, 9.17) is 36.0 Å². The van der Waals surface area contributed by atoms with Crippen LogP contribution in [0.2, 0.25) is 5.02 Å². The minimum atomic E-state index is -1.02. The summed E-state index contributed by atoms with van der Waals surface area (Å²) in [5.74, 6) is -2.39. The van der Waals surface area contributed by atoms with Crippen LogP contribution in [-0.4, -0.2) is 111 Å². The van der Waals surface area contributed by atoms with Gasteiger partial charge in [0.2, 0.25) is 0 Å². The number of aliphatic hydroxyl groups excluding tert-OH is 1. The average Bonchev–Trinajstić information content (AvgIpc) is 3.95. The zero-order valence-corrected chi connectivity index (χ0v) is 45.7. The molecule has 4 aromatic heterocycles. The van der Waals surface area contributed by atoms with Crippen LogP contribution in [0, 0.1) is 11.7 Å². The second kappa shape index (κ2) is 35.7. The number of nitrogens with one attached hydrogen (secondary N) is 2. The number of amides is 1. The summed E-state index contributed by atoms with van der Waals surface area (Å²) in [6.45, 7) is 7.87. The van der Waals surface area contributed by atoms with E-state index in [9.17, 15) is 18.8 Å². The van der Waals surface area contributed by atoms with E-state index in [1.807, 2.05) is 79.7 Å². The fourth-order valence-corrected chi connectivity index (χ4v) is 6.96. The molecule has 0 unspecified atom stereocenters. The second-order valence-corrected chi connectivity index (χ2v) is 17.7. The van der Waals surface area contributed by atoms with E-state index < -0.39 is 35.4 Å². The third-order valence-electron chi connectivity index (χ3n) is 10.5. The number of halogens is 2. The van der Waals surface area contributed by atoms with E-state index in [-0.39, 0.29) is 83.6 Å². The van der Waals surface area contributed by atoms with Gasteiger partial charge in [-0.05, 0) is 107 Å². The van der Waals surface area contributed by atoms with Crippen molar-refractivity contribution in [2.24, 2.45) is 5.92 Å². The zero-order chi connectivity index (χ0) is 50.7. The molecule has 73 heavy (non-hydrogen) atoms. The maximum atomic E-state index is 13.9. The Balaban J connectivity index is 0.000000573. The van der Waals surface area contributed by atoms with Crippen LogP contribution in [0.3, 0.4) is 0 Å². The summed E-state index contributed by atoms with van der Waals surface area (Å²) in [4.78, 5) is 54.2. The fourth-order valence-electron chi connectivity index (χ4n) is 6.78. The highest BCUT2D eigenvalue weighted by Crippen LogP contribution is 2.23. The minimum Gasteiger partial charge on any atom is -0.481 e. The van der Waals surface area contributed by atoms with Gasteiger partial charge in [0.05, 0.1) is 24.0 Å². The lowest BCUT2D eigenvalue weighted by Crippen LogP contribution is -2.38. The lowest BCUT2D eigenvalue weighted by molar-refractivity contribution is -0.159. The minimum absolute atomic E-state index is 0. The number of carbonyl (C=O) groups excluding carboxylic acids is 2. The summed E-state index contributed by atoms with van der Waals surface area (Å²) in [6.07, 6.45) is 10.1. The number of benzene rings is 2. The molecule has 3 atom stereocenters. The number of rotatable bonds is 17. The molecule has 398 valence electrons. The van der Waals surface area contributed by atoms with Gasteiger partial charge in [-0.1, -0.05) is 66.2 Å². The van der Waals surface area contributed by atoms with Crippen LogP contribution in [0.1, 0.15) is 62.7 Å². The van der Waals surface area contributed by atoms with Crippen molar-refractivity contribution in [1.82, 2.24) is 30.2 Å². The van der Waals surface area contributed by atoms with Crippen molar-refractivity contribution in [3.8, 4) is 0 Å². The molecule has 0 spiro atoms. The molecule has 0 aliphatic carbocycles. The number of aliphatic hydroxyl groups is 1. The molecule has 1 aliphatic rings. The number of esters is 1. The average molecular weight is 1080 g/mol. The van der Waals surface area contributed by atoms with Gasteiger partial charge >= 0.3 is 18.0 Å². The fraction of sp³-hybridized carbons (Fsp3) is 0.377. The van der Waals surface area contributed by atoms with Crippen molar-refractivity contribution in [3.63, 3.8) is 0 Å². The first-order chi connectivity index (χ1) is 33.6. The van der Waals surface area contributed by atoms with E-state index >= 15 is 0 Å². The third kappa shape index (κ3) is 25.9. The van der Waals surface area contributed by atoms with Gasteiger partial charge in [0, 0.05) is 98.4 Å². The van der Waals surface area contributed by atoms with Crippen LogP contribution in [0.15, 0.2) is 128 Å². The largest absolute Gasteiger partial charge is 0.481 e. The molecule has 7 rings (SSSR count). The third-order valence-corrected chi connectivity index (χ3v) is 10.9. The monoisotopic (exact) mass is 1080 g/mol. The predicted molar refractivity (Wildman–Crippen MR) is 300 cm³/mol. The Kier molecular flexibility index (Phi) is 32.1. The molecule has 20 heteroatoms. The molecular weight excluding hydrogens is 1010 g/mol. The van der Waals surface area contributed by atoms with E-state index in [1.54, 1.807) is 82.0 Å². The van der Waals surface area contributed by atoms with Crippen LogP contribution in [0.25, 0.3) is 10.8 Å². The molecule has 6 aromatic rings. The highest BCUT2D eigenvalue weighted by molar-refractivity contribution is 7.59. The number of ether oxygens (including phenoxy) is 3. The molecule has 1 fully saturated rings. The quantitative estimate of drug-likeness (QED) is 0.0631. The number of fused-ring (bicyclic) bond motifs is 1. The Morgan fingerprint density at radius 2 is 1.36 bits per heavy atom. The van der Waals surface area contributed by atoms with Crippen LogP contribution in [-0.2, 0) is 49.6 Å². The van der Waals surface area contributed by atoms with Crippen molar-refractivity contribution < 1.29 is 43.2 Å². The lowest BCUT2D eigenvalue weighted by Gasteiger charge is -2.28. The molecule has 1 aliphatic heterocycles. The van der Waals surface area contributed by atoms with Gasteiger partial charge in [-0.15, -0.1) is 0 Å². The predicted octanol–water partition coefficient (Wildman–Crippen LogP) is 9.11. The summed E-state index contributed by atoms with van der Waals surface area (Å²) >= 11 is 6.15. The SMILES string of the molecule is C1CCOC1.CC(C)(C)OC(=O)C[C@@H](Cc1ccccn1)C(=O)O.CN(Cc1cccc(F)c1Cl)[C@H](COC(=O)Nc1cc2ccccc2cn1)Cc1ccccn1.CN[C@H](CO)Cc1ccccn1.S.S.S. The number of hydrogen-bond acceptors (Lipinski definition) is 13. The Morgan fingerprint density at radius 1 is 0.795 bits per heavy atom. The van der Waals surface area contributed by atoms with Crippen LogP contribution >= 0.6 is 52.1 Å². The lowest BCUT2D eigenvalue weighted by atomic mass is 9.99. The van der Waals surface area contributed by atoms with Crippen LogP contribution < -0.4 is 10.6 Å². The van der Waals surface area contributed by atoms with E-state index in [0.29, 0.717) is 30.0 Å². The molecular formula is C53H71ClFN7O8S3. The number of carboxylic acids is 1. The first-order valence-electron chi connectivity index (χ1n) is 23.1. The number of aliphatic carboxylic acids is 1. The normalized spacial score (nSPS) is 12.7. The smallest absolute Gasteiger partial charge is 0.412 e. The molecule has 0 saturated carbocycles. The number of carbonyl (C=O) groups is 3. The standard InChI is InChI=1S/C26H24ClFN4O2.C14H19NO4.C9H14N2O.C4H8O.3H2S/c1-32(16-20-9-6-11-23(28)25(20)27)22(14-21-10-4-5-12-29-21)17-34-26(33)31-24-13-18-7-2-3-8-19(18)15-30-24;1-14(2,3)19-12(16)9-10(13(17)18)8-11-6-4-5-7-15-11;1-10-9(7-12)6-8-4-2-3-5-11-8;1-2-4-5-3-1;;;/h2-13,15,22H,14,16-17H2,1H3,(H,30,31,33);4-7,10H,8-9H2,1-3H3,(H,17,18);2-5,9-10,12H,6-7H2,1H3;1-4H2;3*1H2/t22-;10-;9-;;;;/m010..../s1. The number of anilines is 1. The van der Waals surface area contributed by atoms with E-state index in [2.05, 4.69) is 30.6 Å². The summed E-state index contributed by atoms with van der Waals surface area (Å²) in [6, 6.07) is 30.9. The maximum absolute atomic E-state index is 13.9. The van der Waals surface area contributed by atoms with Gasteiger partial charge in [-0.2, -0.15) is 40.5 Å². The van der Waals surface area contributed by atoms with Crippen molar-refractivity contribution in [2.75, 3.05) is 45.8 Å².